The molecule has 0 aliphatic heterocycles. The van der Waals surface area contributed by atoms with Gasteiger partial charge in [-0.05, 0) is 0 Å². The first-order chi connectivity index (χ1) is 7.48. The zero-order valence-electron chi connectivity index (χ0n) is 8.54. The zero-order valence-corrected chi connectivity index (χ0v) is 9.36. The molecule has 0 atom stereocenters. The third-order valence-corrected chi connectivity index (χ3v) is 2.82. The molecule has 84 valence electrons. The van der Waals surface area contributed by atoms with E-state index in [9.17, 15) is 8.42 Å². The van der Waals surface area contributed by atoms with Gasteiger partial charge in [-0.2, -0.15) is 0 Å². The number of aromatic nitrogens is 1. The van der Waals surface area contributed by atoms with Gasteiger partial charge < -0.3 is 4.42 Å². The summed E-state index contributed by atoms with van der Waals surface area (Å²) in [6.45, 7) is 1.57. The van der Waals surface area contributed by atoms with Crippen molar-refractivity contribution in [3.63, 3.8) is 0 Å². The summed E-state index contributed by atoms with van der Waals surface area (Å²) in [4.78, 5) is 3.78. The summed E-state index contributed by atoms with van der Waals surface area (Å²) in [7, 11) is -3.87. The van der Waals surface area contributed by atoms with Crippen molar-refractivity contribution in [2.24, 2.45) is 5.14 Å². The molecule has 0 saturated heterocycles. The maximum Gasteiger partial charge on any atom is 0.259 e. The van der Waals surface area contributed by atoms with E-state index in [1.165, 1.54) is 0 Å². The van der Waals surface area contributed by atoms with Gasteiger partial charge in [0.05, 0.1) is 0 Å². The van der Waals surface area contributed by atoms with Gasteiger partial charge in [0.2, 0.25) is 5.03 Å². The standard InChI is InChI=1S/C10H10N2O3S/c1-7-12-10(16(11,13)14)9(15-7)8-5-3-2-4-6-8/h2-6H,1H3,(H2,11,13,14). The lowest BCUT2D eigenvalue weighted by molar-refractivity contribution is 0.533. The Balaban J connectivity index is 2.67. The highest BCUT2D eigenvalue weighted by atomic mass is 32.2. The Hall–Kier alpha value is -1.66. The fourth-order valence-corrected chi connectivity index (χ4v) is 2.05. The second kappa shape index (κ2) is 3.73. The second-order valence-corrected chi connectivity index (χ2v) is 4.75. The lowest BCUT2D eigenvalue weighted by Crippen LogP contribution is -2.13. The minimum Gasteiger partial charge on any atom is -0.440 e. The summed E-state index contributed by atoms with van der Waals surface area (Å²) < 4.78 is 27.8. The van der Waals surface area contributed by atoms with Crippen LogP contribution in [0.1, 0.15) is 5.89 Å². The minimum absolute atomic E-state index is 0.181. The smallest absolute Gasteiger partial charge is 0.259 e. The topological polar surface area (TPSA) is 86.2 Å². The number of rotatable bonds is 2. The number of sulfonamides is 1. The van der Waals surface area contributed by atoms with E-state index in [2.05, 4.69) is 4.98 Å². The van der Waals surface area contributed by atoms with Gasteiger partial charge in [0, 0.05) is 12.5 Å². The molecule has 2 rings (SSSR count). The number of primary sulfonamides is 1. The molecule has 6 heteroatoms. The number of aryl methyl sites for hydroxylation is 1. The molecular weight excluding hydrogens is 228 g/mol. The Morgan fingerprint density at radius 1 is 1.25 bits per heavy atom. The van der Waals surface area contributed by atoms with Crippen molar-refractivity contribution in [2.45, 2.75) is 11.9 Å². The van der Waals surface area contributed by atoms with Crippen LogP contribution in [0.15, 0.2) is 39.8 Å². The van der Waals surface area contributed by atoms with Crippen LogP contribution in [0.3, 0.4) is 0 Å². The van der Waals surface area contributed by atoms with Crippen molar-refractivity contribution < 1.29 is 12.8 Å². The number of benzene rings is 1. The van der Waals surface area contributed by atoms with E-state index in [4.69, 9.17) is 9.56 Å². The van der Waals surface area contributed by atoms with Crippen LogP contribution in [0.5, 0.6) is 0 Å². The molecule has 0 aliphatic rings. The third kappa shape index (κ3) is 1.98. The highest BCUT2D eigenvalue weighted by Crippen LogP contribution is 2.26. The molecule has 2 aromatic rings. The van der Waals surface area contributed by atoms with Crippen LogP contribution >= 0.6 is 0 Å². The molecule has 1 aromatic heterocycles. The molecule has 5 nitrogen and oxygen atoms in total. The lowest BCUT2D eigenvalue weighted by atomic mass is 10.2. The number of nitrogens with zero attached hydrogens (tertiary/aromatic N) is 1. The maximum absolute atomic E-state index is 11.3. The van der Waals surface area contributed by atoms with Gasteiger partial charge in [0.25, 0.3) is 10.0 Å². The maximum atomic E-state index is 11.3. The molecule has 0 spiro atoms. The van der Waals surface area contributed by atoms with E-state index in [1.807, 2.05) is 6.07 Å². The highest BCUT2D eigenvalue weighted by Gasteiger charge is 2.22. The van der Waals surface area contributed by atoms with Crippen LogP contribution in [0.2, 0.25) is 0 Å². The Morgan fingerprint density at radius 3 is 2.44 bits per heavy atom. The third-order valence-electron chi connectivity index (χ3n) is 2.01. The van der Waals surface area contributed by atoms with Gasteiger partial charge >= 0.3 is 0 Å². The van der Waals surface area contributed by atoms with Gasteiger partial charge in [0.15, 0.2) is 11.7 Å². The Labute approximate surface area is 93.0 Å². The van der Waals surface area contributed by atoms with Crippen LogP contribution in [0, 0.1) is 6.92 Å². The number of hydrogen-bond acceptors (Lipinski definition) is 4. The van der Waals surface area contributed by atoms with Crippen LogP contribution in [-0.2, 0) is 10.0 Å². The molecule has 0 saturated carbocycles. The first-order valence-electron chi connectivity index (χ1n) is 4.54. The van der Waals surface area contributed by atoms with Crippen molar-refractivity contribution in [1.29, 1.82) is 0 Å². The fraction of sp³-hybridized carbons (Fsp3) is 0.100. The SMILES string of the molecule is Cc1nc(S(N)(=O)=O)c(-c2ccccc2)o1. The van der Waals surface area contributed by atoms with Crippen molar-refractivity contribution in [3.8, 4) is 11.3 Å². The zero-order chi connectivity index (χ0) is 11.8. The Kier molecular flexibility index (Phi) is 2.53. The number of hydrogen-bond donors (Lipinski definition) is 1. The first-order valence-corrected chi connectivity index (χ1v) is 6.09. The van der Waals surface area contributed by atoms with Crippen LogP contribution in [-0.4, -0.2) is 13.4 Å². The van der Waals surface area contributed by atoms with E-state index >= 15 is 0 Å². The first kappa shape index (κ1) is 10.8. The second-order valence-electron chi connectivity index (χ2n) is 3.28. The van der Waals surface area contributed by atoms with E-state index in [1.54, 1.807) is 31.2 Å². The molecule has 0 radical (unpaired) electrons. The summed E-state index contributed by atoms with van der Waals surface area (Å²) in [6, 6.07) is 8.84. The molecule has 0 amide bonds. The van der Waals surface area contributed by atoms with Crippen molar-refractivity contribution in [2.75, 3.05) is 0 Å². The van der Waals surface area contributed by atoms with Crippen molar-refractivity contribution in [3.05, 3.63) is 36.2 Å². The highest BCUT2D eigenvalue weighted by molar-refractivity contribution is 7.89. The van der Waals surface area contributed by atoms with E-state index in [0.717, 1.165) is 0 Å². The van der Waals surface area contributed by atoms with Crippen LogP contribution in [0.4, 0.5) is 0 Å². The monoisotopic (exact) mass is 238 g/mol. The summed E-state index contributed by atoms with van der Waals surface area (Å²) >= 11 is 0. The van der Waals surface area contributed by atoms with Gasteiger partial charge in [-0.25, -0.2) is 18.5 Å². The summed E-state index contributed by atoms with van der Waals surface area (Å²) in [5.74, 6) is 0.448. The molecule has 0 unspecified atom stereocenters. The molecule has 0 aliphatic carbocycles. The number of nitrogens with two attached hydrogens (primary N) is 1. The molecule has 2 N–H and O–H groups in total. The minimum atomic E-state index is -3.87. The number of oxazole rings is 1. The molecule has 0 fully saturated rings. The molecule has 1 heterocycles. The predicted octanol–water partition coefficient (Wildman–Crippen LogP) is 1.30. The Bertz CT molecular complexity index is 602. The molecular formula is C10H10N2O3S. The summed E-state index contributed by atoms with van der Waals surface area (Å²) in [5.41, 5.74) is 0.632. The summed E-state index contributed by atoms with van der Waals surface area (Å²) in [5, 5.41) is 4.83. The van der Waals surface area contributed by atoms with Gasteiger partial charge in [-0.15, -0.1) is 0 Å². The lowest BCUT2D eigenvalue weighted by Gasteiger charge is -1.98. The normalized spacial score (nSPS) is 11.6. The van der Waals surface area contributed by atoms with E-state index in [-0.39, 0.29) is 16.7 Å². The average Bonchev–Trinajstić information content (AvgIpc) is 2.61. The largest absolute Gasteiger partial charge is 0.440 e. The van der Waals surface area contributed by atoms with Crippen molar-refractivity contribution in [1.82, 2.24) is 4.98 Å². The summed E-state index contributed by atoms with van der Waals surface area (Å²) in [6.07, 6.45) is 0. The molecule has 1 aromatic carbocycles. The average molecular weight is 238 g/mol. The van der Waals surface area contributed by atoms with E-state index in [0.29, 0.717) is 5.56 Å². The van der Waals surface area contributed by atoms with Crippen molar-refractivity contribution >= 4 is 10.0 Å². The van der Waals surface area contributed by atoms with Crippen LogP contribution in [0.25, 0.3) is 11.3 Å². The van der Waals surface area contributed by atoms with Gasteiger partial charge in [-0.1, -0.05) is 30.3 Å². The Morgan fingerprint density at radius 2 is 1.88 bits per heavy atom. The predicted molar refractivity (Wildman–Crippen MR) is 58.0 cm³/mol. The van der Waals surface area contributed by atoms with E-state index < -0.39 is 10.0 Å². The van der Waals surface area contributed by atoms with Gasteiger partial charge in [-0.3, -0.25) is 0 Å². The van der Waals surface area contributed by atoms with Crippen LogP contribution < -0.4 is 5.14 Å². The molecule has 16 heavy (non-hydrogen) atoms. The van der Waals surface area contributed by atoms with Gasteiger partial charge in [0.1, 0.15) is 0 Å². The molecule has 0 bridgehead atoms. The fourth-order valence-electron chi connectivity index (χ4n) is 1.37. The quantitative estimate of drug-likeness (QED) is 0.854.